The first-order chi connectivity index (χ1) is 27.1. The zero-order valence-electron chi connectivity index (χ0n) is 36.0. The fourth-order valence-electron chi connectivity index (χ4n) is 5.88. The maximum absolute atomic E-state index is 12.7. The third-order valence-electron chi connectivity index (χ3n) is 9.24. The molecule has 0 saturated carbocycles. The molecule has 0 aliphatic heterocycles. The van der Waals surface area contributed by atoms with E-state index in [1.54, 1.807) is 21.1 Å². The number of rotatable bonds is 37. The molecule has 0 amide bonds. The van der Waals surface area contributed by atoms with Crippen molar-refractivity contribution in [2.45, 2.75) is 161 Å². The number of quaternary nitrogens is 1. The molecule has 0 aromatic rings. The van der Waals surface area contributed by atoms with E-state index in [0.717, 1.165) is 44.9 Å². The average Bonchev–Trinajstić information content (AvgIpc) is 3.15. The molecule has 0 aromatic carbocycles. The highest BCUT2D eigenvalue weighted by Crippen LogP contribution is 2.14. The summed E-state index contributed by atoms with van der Waals surface area (Å²) in [5, 5.41) is 11.6. The van der Waals surface area contributed by atoms with Crippen LogP contribution in [0.3, 0.4) is 0 Å². The standard InChI is InChI=1S/C48H79NO7/c1-6-8-10-12-14-16-18-20-21-22-23-24-25-27-28-30-32-34-36-38-46(50)55-43-44(42-54-41-40-45(48(52)53)49(3,4)5)56-47(51)39-37-35-33-31-29-26-19-17-15-13-11-9-7-2/h8,10,12,14,16,18,20-25,27-28,44-45H,6-7,9,11,13,15,17,19,26,29-43H2,1-5H3/b10-8+,14-12+,18-16+,21-20+,23-22+,25-24+,28-27+. The highest BCUT2D eigenvalue weighted by atomic mass is 16.6. The van der Waals surface area contributed by atoms with E-state index in [9.17, 15) is 19.5 Å². The fourth-order valence-corrected chi connectivity index (χ4v) is 5.88. The second kappa shape index (κ2) is 38.4. The van der Waals surface area contributed by atoms with E-state index >= 15 is 0 Å². The van der Waals surface area contributed by atoms with Gasteiger partial charge >= 0.3 is 11.9 Å². The second-order valence-electron chi connectivity index (χ2n) is 15.4. The molecule has 0 rings (SSSR count). The van der Waals surface area contributed by atoms with Gasteiger partial charge in [0.1, 0.15) is 12.6 Å². The van der Waals surface area contributed by atoms with E-state index in [-0.39, 0.29) is 42.7 Å². The number of aliphatic carboxylic acids is 1. The molecule has 0 heterocycles. The lowest BCUT2D eigenvalue weighted by Gasteiger charge is -2.34. The van der Waals surface area contributed by atoms with Crippen molar-refractivity contribution in [3.05, 3.63) is 85.1 Å². The first kappa shape index (κ1) is 52.5. The first-order valence-electron chi connectivity index (χ1n) is 21.7. The number of allylic oxidation sites excluding steroid dienone is 14. The molecule has 0 saturated heterocycles. The minimum atomic E-state index is -1.14. The predicted molar refractivity (Wildman–Crippen MR) is 231 cm³/mol. The molecule has 0 spiro atoms. The van der Waals surface area contributed by atoms with Gasteiger partial charge in [-0.1, -0.05) is 182 Å². The van der Waals surface area contributed by atoms with E-state index < -0.39 is 18.1 Å². The number of carbonyl (C=O) groups is 3. The number of unbranched alkanes of at least 4 members (excludes halogenated alkanes) is 15. The van der Waals surface area contributed by atoms with Gasteiger partial charge in [0.2, 0.25) is 0 Å². The van der Waals surface area contributed by atoms with Crippen LogP contribution in [0.5, 0.6) is 0 Å². The molecule has 0 radical (unpaired) electrons. The zero-order chi connectivity index (χ0) is 41.4. The maximum Gasteiger partial charge on any atom is 0.306 e. The molecule has 2 atom stereocenters. The van der Waals surface area contributed by atoms with Crippen molar-refractivity contribution in [1.82, 2.24) is 0 Å². The van der Waals surface area contributed by atoms with Crippen LogP contribution in [0, 0.1) is 0 Å². The van der Waals surface area contributed by atoms with Crippen molar-refractivity contribution in [1.29, 1.82) is 0 Å². The van der Waals surface area contributed by atoms with Gasteiger partial charge in [-0.2, -0.15) is 0 Å². The van der Waals surface area contributed by atoms with E-state index in [0.29, 0.717) is 19.3 Å². The van der Waals surface area contributed by atoms with Crippen LogP contribution in [0.2, 0.25) is 0 Å². The minimum absolute atomic E-state index is 0.0222. The molecule has 0 aliphatic rings. The Hall–Kier alpha value is -3.49. The Bertz CT molecular complexity index is 1190. The van der Waals surface area contributed by atoms with Gasteiger partial charge in [-0.25, -0.2) is 0 Å². The predicted octanol–water partition coefficient (Wildman–Crippen LogP) is 10.4. The Morgan fingerprint density at radius 2 is 1.00 bits per heavy atom. The normalized spacial score (nSPS) is 13.8. The number of carbonyl (C=O) groups excluding carboxylic acids is 3. The molecule has 8 heteroatoms. The molecule has 2 unspecified atom stereocenters. The van der Waals surface area contributed by atoms with Crippen molar-refractivity contribution in [2.75, 3.05) is 41.0 Å². The van der Waals surface area contributed by atoms with Gasteiger partial charge in [0.25, 0.3) is 0 Å². The van der Waals surface area contributed by atoms with Crippen molar-refractivity contribution in [3.63, 3.8) is 0 Å². The average molecular weight is 782 g/mol. The summed E-state index contributed by atoms with van der Waals surface area (Å²) in [5.74, 6) is -1.80. The SMILES string of the molecule is CC/C=C/C=C/C=C/C=C/C=C/C=C/C=C/CCCCCC(=O)OCC(COCCC(C(=O)[O-])[N+](C)(C)C)OC(=O)CCCCCCCCCCCCCCC. The Morgan fingerprint density at radius 1 is 0.554 bits per heavy atom. The molecule has 56 heavy (non-hydrogen) atoms. The summed E-state index contributed by atoms with van der Waals surface area (Å²) < 4.78 is 17.1. The highest BCUT2D eigenvalue weighted by Gasteiger charge is 2.25. The lowest BCUT2D eigenvalue weighted by atomic mass is 10.0. The summed E-state index contributed by atoms with van der Waals surface area (Å²) in [6, 6.07) is -0.736. The van der Waals surface area contributed by atoms with Crippen LogP contribution in [-0.4, -0.2) is 75.5 Å². The number of nitrogens with zero attached hydrogens (tertiary/aromatic N) is 1. The molecular formula is C48H79NO7. The van der Waals surface area contributed by atoms with Crippen molar-refractivity contribution in [2.24, 2.45) is 0 Å². The van der Waals surface area contributed by atoms with E-state index in [4.69, 9.17) is 14.2 Å². The van der Waals surface area contributed by atoms with Gasteiger partial charge in [-0.3, -0.25) is 9.59 Å². The molecule has 0 bridgehead atoms. The summed E-state index contributed by atoms with van der Waals surface area (Å²) in [6.07, 6.45) is 48.8. The van der Waals surface area contributed by atoms with Gasteiger partial charge in [0.15, 0.2) is 6.10 Å². The molecule has 8 nitrogen and oxygen atoms in total. The van der Waals surface area contributed by atoms with Crippen LogP contribution in [0.1, 0.15) is 149 Å². The summed E-state index contributed by atoms with van der Waals surface area (Å²) in [4.78, 5) is 36.8. The van der Waals surface area contributed by atoms with Gasteiger partial charge in [-0.05, 0) is 32.1 Å². The highest BCUT2D eigenvalue weighted by molar-refractivity contribution is 5.70. The Kier molecular flexibility index (Phi) is 36.0. The van der Waals surface area contributed by atoms with Crippen LogP contribution < -0.4 is 5.11 Å². The third-order valence-corrected chi connectivity index (χ3v) is 9.24. The maximum atomic E-state index is 12.7. The van der Waals surface area contributed by atoms with E-state index in [1.807, 2.05) is 72.9 Å². The summed E-state index contributed by atoms with van der Waals surface area (Å²) in [6.45, 7) is 4.45. The molecule has 0 N–H and O–H groups in total. The number of hydrogen-bond acceptors (Lipinski definition) is 7. The smallest absolute Gasteiger partial charge is 0.306 e. The van der Waals surface area contributed by atoms with Crippen molar-refractivity contribution < 1.29 is 38.2 Å². The summed E-state index contributed by atoms with van der Waals surface area (Å²) in [7, 11) is 5.38. The zero-order valence-corrected chi connectivity index (χ0v) is 36.0. The van der Waals surface area contributed by atoms with E-state index in [2.05, 4.69) is 26.0 Å². The number of esters is 2. The van der Waals surface area contributed by atoms with Gasteiger partial charge in [0, 0.05) is 19.3 Å². The largest absolute Gasteiger partial charge is 0.544 e. The van der Waals surface area contributed by atoms with Crippen LogP contribution in [0.25, 0.3) is 0 Å². The van der Waals surface area contributed by atoms with Gasteiger partial charge in [0.05, 0.1) is 40.3 Å². The minimum Gasteiger partial charge on any atom is -0.544 e. The van der Waals surface area contributed by atoms with Gasteiger partial charge in [-0.15, -0.1) is 0 Å². The monoisotopic (exact) mass is 782 g/mol. The number of carboxylic acid groups (broad SMARTS) is 1. The number of likely N-dealkylation sites (N-methyl/N-ethyl adjacent to an activating group) is 1. The molecular weight excluding hydrogens is 703 g/mol. The first-order valence-corrected chi connectivity index (χ1v) is 21.7. The summed E-state index contributed by atoms with van der Waals surface area (Å²) in [5.41, 5.74) is 0. The number of carboxylic acids is 1. The van der Waals surface area contributed by atoms with Crippen molar-refractivity contribution >= 4 is 17.9 Å². The fraction of sp³-hybridized carbons (Fsp3) is 0.646. The molecule has 0 aromatic heterocycles. The van der Waals surface area contributed by atoms with Gasteiger partial charge < -0.3 is 28.6 Å². The van der Waals surface area contributed by atoms with Crippen LogP contribution in [-0.2, 0) is 28.6 Å². The molecule has 0 fully saturated rings. The Morgan fingerprint density at radius 3 is 1.48 bits per heavy atom. The summed E-state index contributed by atoms with van der Waals surface area (Å²) >= 11 is 0. The molecule has 318 valence electrons. The third kappa shape index (κ3) is 36.2. The van der Waals surface area contributed by atoms with Crippen molar-refractivity contribution in [3.8, 4) is 0 Å². The topological polar surface area (TPSA) is 102 Å². The van der Waals surface area contributed by atoms with Crippen LogP contribution in [0.15, 0.2) is 85.1 Å². The quantitative estimate of drug-likeness (QED) is 0.0268. The number of ether oxygens (including phenoxy) is 3. The lowest BCUT2D eigenvalue weighted by molar-refractivity contribution is -0.889. The lowest BCUT2D eigenvalue weighted by Crippen LogP contribution is -2.55. The van der Waals surface area contributed by atoms with Crippen LogP contribution in [0.4, 0.5) is 0 Å². The Labute approximate surface area is 342 Å². The van der Waals surface area contributed by atoms with E-state index in [1.165, 1.54) is 64.2 Å². The number of hydrogen-bond donors (Lipinski definition) is 0. The second-order valence-corrected chi connectivity index (χ2v) is 15.4. The molecule has 0 aliphatic carbocycles. The van der Waals surface area contributed by atoms with Crippen LogP contribution >= 0.6 is 0 Å². The Balaban J connectivity index is 4.47.